The van der Waals surface area contributed by atoms with Crippen molar-refractivity contribution in [2.75, 3.05) is 30.0 Å². The van der Waals surface area contributed by atoms with Crippen LogP contribution in [-0.2, 0) is 0 Å². The average Bonchev–Trinajstić information content (AvgIpc) is 2.30. The monoisotopic (exact) mass is 255 g/mol. The molecule has 100 valence electrons. The Balaban J connectivity index is 2.30. The number of nitrogens with two attached hydrogens (primary N) is 1. The van der Waals surface area contributed by atoms with Crippen molar-refractivity contribution in [2.45, 2.75) is 13.8 Å². The zero-order valence-electron chi connectivity index (χ0n) is 12.0. The molecule has 2 rings (SSSR count). The number of nitrogen functional groups attached to an aromatic ring is 1. The number of rotatable bonds is 3. The fraction of sp³-hybridized carbons (Fsp3) is 0.250. The first kappa shape index (κ1) is 13.3. The molecule has 0 aliphatic carbocycles. The van der Waals surface area contributed by atoms with Crippen molar-refractivity contribution in [2.24, 2.45) is 0 Å². The molecule has 3 heteroatoms. The molecule has 19 heavy (non-hydrogen) atoms. The number of hydrogen-bond donors (Lipinski definition) is 2. The highest BCUT2D eigenvalue weighted by Crippen LogP contribution is 2.26. The average molecular weight is 255 g/mol. The largest absolute Gasteiger partial charge is 0.399 e. The molecule has 0 saturated carbocycles. The Morgan fingerprint density at radius 1 is 0.947 bits per heavy atom. The number of aryl methyl sites for hydroxylation is 2. The summed E-state index contributed by atoms with van der Waals surface area (Å²) in [5.41, 5.74) is 12.4. The number of benzene rings is 2. The van der Waals surface area contributed by atoms with E-state index in [1.54, 1.807) is 0 Å². The molecular weight excluding hydrogens is 234 g/mol. The molecule has 0 unspecified atom stereocenters. The normalized spacial score (nSPS) is 10.3. The molecule has 0 aromatic heterocycles. The fourth-order valence-electron chi connectivity index (χ4n) is 2.22. The molecule has 0 aliphatic heterocycles. The highest BCUT2D eigenvalue weighted by atomic mass is 15.1. The lowest BCUT2D eigenvalue weighted by molar-refractivity contribution is 1.11. The quantitative estimate of drug-likeness (QED) is 0.822. The lowest BCUT2D eigenvalue weighted by Gasteiger charge is -2.17. The summed E-state index contributed by atoms with van der Waals surface area (Å²) >= 11 is 0. The van der Waals surface area contributed by atoms with E-state index in [2.05, 4.69) is 55.5 Å². The van der Waals surface area contributed by atoms with Crippen molar-refractivity contribution >= 4 is 22.7 Å². The van der Waals surface area contributed by atoms with E-state index in [0.717, 1.165) is 22.6 Å². The van der Waals surface area contributed by atoms with Crippen molar-refractivity contribution in [1.29, 1.82) is 0 Å². The van der Waals surface area contributed by atoms with Crippen LogP contribution in [0.2, 0.25) is 0 Å². The summed E-state index contributed by atoms with van der Waals surface area (Å²) in [4.78, 5) is 2.12. The van der Waals surface area contributed by atoms with Crippen molar-refractivity contribution in [3.63, 3.8) is 0 Å². The Morgan fingerprint density at radius 2 is 1.68 bits per heavy atom. The standard InChI is InChI=1S/C16H21N3/c1-11-7-13(17)9-15(8-11)18-14-6-5-12(2)16(10-14)19(3)4/h5-10,18H,17H2,1-4H3. The lowest BCUT2D eigenvalue weighted by Crippen LogP contribution is -2.10. The van der Waals surface area contributed by atoms with Gasteiger partial charge in [0.2, 0.25) is 0 Å². The lowest BCUT2D eigenvalue weighted by atomic mass is 10.1. The second-order valence-electron chi connectivity index (χ2n) is 5.15. The molecule has 0 atom stereocenters. The molecule has 0 saturated heterocycles. The molecule has 2 aromatic rings. The minimum absolute atomic E-state index is 0.780. The fourth-order valence-corrected chi connectivity index (χ4v) is 2.22. The summed E-state index contributed by atoms with van der Waals surface area (Å²) in [5.74, 6) is 0. The van der Waals surface area contributed by atoms with Gasteiger partial charge in [0.05, 0.1) is 0 Å². The summed E-state index contributed by atoms with van der Waals surface area (Å²) in [6.45, 7) is 4.16. The van der Waals surface area contributed by atoms with Gasteiger partial charge in [-0.1, -0.05) is 6.07 Å². The van der Waals surface area contributed by atoms with Crippen LogP contribution in [0.15, 0.2) is 36.4 Å². The maximum absolute atomic E-state index is 5.87. The smallest absolute Gasteiger partial charge is 0.0411 e. The topological polar surface area (TPSA) is 41.3 Å². The molecule has 3 N–H and O–H groups in total. The molecule has 0 bridgehead atoms. The van der Waals surface area contributed by atoms with E-state index < -0.39 is 0 Å². The molecule has 2 aromatic carbocycles. The third kappa shape index (κ3) is 3.19. The van der Waals surface area contributed by atoms with Crippen LogP contribution in [0, 0.1) is 13.8 Å². The van der Waals surface area contributed by atoms with Gasteiger partial charge in [0.25, 0.3) is 0 Å². The predicted molar refractivity (Wildman–Crippen MR) is 84.4 cm³/mol. The Bertz CT molecular complexity index is 568. The molecule has 0 aliphatic rings. The maximum atomic E-state index is 5.87. The molecule has 0 fully saturated rings. The van der Waals surface area contributed by atoms with Crippen molar-refractivity contribution in [3.05, 3.63) is 47.5 Å². The van der Waals surface area contributed by atoms with E-state index in [1.807, 2.05) is 19.1 Å². The molecule has 0 radical (unpaired) electrons. The molecule has 3 nitrogen and oxygen atoms in total. The first-order valence-electron chi connectivity index (χ1n) is 6.38. The second kappa shape index (κ2) is 5.22. The van der Waals surface area contributed by atoms with E-state index in [-0.39, 0.29) is 0 Å². The van der Waals surface area contributed by atoms with Crippen LogP contribution in [0.1, 0.15) is 11.1 Å². The van der Waals surface area contributed by atoms with Gasteiger partial charge in [-0.2, -0.15) is 0 Å². The third-order valence-corrected chi connectivity index (χ3v) is 3.08. The molecule has 0 heterocycles. The maximum Gasteiger partial charge on any atom is 0.0411 e. The zero-order valence-corrected chi connectivity index (χ0v) is 12.0. The van der Waals surface area contributed by atoms with Gasteiger partial charge >= 0.3 is 0 Å². The summed E-state index contributed by atoms with van der Waals surface area (Å²) in [6, 6.07) is 12.4. The van der Waals surface area contributed by atoms with Crippen molar-refractivity contribution in [1.82, 2.24) is 0 Å². The molecule has 0 spiro atoms. The van der Waals surface area contributed by atoms with Gasteiger partial charge in [0.1, 0.15) is 0 Å². The first-order chi connectivity index (χ1) is 8.95. The second-order valence-corrected chi connectivity index (χ2v) is 5.15. The number of nitrogens with zero attached hydrogens (tertiary/aromatic N) is 1. The summed E-state index contributed by atoms with van der Waals surface area (Å²) < 4.78 is 0. The highest BCUT2D eigenvalue weighted by molar-refractivity contribution is 5.69. The minimum Gasteiger partial charge on any atom is -0.399 e. The van der Waals surface area contributed by atoms with Crippen LogP contribution in [0.25, 0.3) is 0 Å². The third-order valence-electron chi connectivity index (χ3n) is 3.08. The van der Waals surface area contributed by atoms with Gasteiger partial charge in [-0.3, -0.25) is 0 Å². The van der Waals surface area contributed by atoms with E-state index in [9.17, 15) is 0 Å². The number of anilines is 4. The Morgan fingerprint density at radius 3 is 2.32 bits per heavy atom. The van der Waals surface area contributed by atoms with Gasteiger partial charge in [-0.25, -0.2) is 0 Å². The van der Waals surface area contributed by atoms with Gasteiger partial charge in [-0.15, -0.1) is 0 Å². The van der Waals surface area contributed by atoms with Crippen molar-refractivity contribution in [3.8, 4) is 0 Å². The van der Waals surface area contributed by atoms with E-state index in [1.165, 1.54) is 11.3 Å². The van der Waals surface area contributed by atoms with Gasteiger partial charge in [-0.05, 0) is 55.3 Å². The van der Waals surface area contributed by atoms with Gasteiger partial charge < -0.3 is 16.0 Å². The minimum atomic E-state index is 0.780. The van der Waals surface area contributed by atoms with Crippen LogP contribution in [0.3, 0.4) is 0 Å². The summed E-state index contributed by atoms with van der Waals surface area (Å²) in [5, 5.41) is 3.40. The zero-order chi connectivity index (χ0) is 14.0. The van der Waals surface area contributed by atoms with Crippen LogP contribution < -0.4 is 16.0 Å². The van der Waals surface area contributed by atoms with Crippen molar-refractivity contribution < 1.29 is 0 Å². The first-order valence-corrected chi connectivity index (χ1v) is 6.38. The SMILES string of the molecule is Cc1cc(N)cc(Nc2ccc(C)c(N(C)C)c2)c1. The number of hydrogen-bond acceptors (Lipinski definition) is 3. The number of nitrogens with one attached hydrogen (secondary N) is 1. The summed E-state index contributed by atoms with van der Waals surface area (Å²) in [6.07, 6.45) is 0. The predicted octanol–water partition coefficient (Wildman–Crippen LogP) is 3.70. The highest BCUT2D eigenvalue weighted by Gasteiger charge is 2.03. The Hall–Kier alpha value is -2.16. The van der Waals surface area contributed by atoms with E-state index in [4.69, 9.17) is 5.73 Å². The van der Waals surface area contributed by atoms with Gasteiger partial charge in [0, 0.05) is 36.8 Å². The van der Waals surface area contributed by atoms with Gasteiger partial charge in [0.15, 0.2) is 0 Å². The molecular formula is C16H21N3. The van der Waals surface area contributed by atoms with E-state index >= 15 is 0 Å². The Kier molecular flexibility index (Phi) is 3.65. The molecule has 0 amide bonds. The van der Waals surface area contributed by atoms with Crippen LogP contribution in [-0.4, -0.2) is 14.1 Å². The summed E-state index contributed by atoms with van der Waals surface area (Å²) in [7, 11) is 4.10. The van der Waals surface area contributed by atoms with E-state index in [0.29, 0.717) is 0 Å². The van der Waals surface area contributed by atoms with Crippen LogP contribution in [0.5, 0.6) is 0 Å². The Labute approximate surface area is 115 Å². The van der Waals surface area contributed by atoms with Crippen LogP contribution in [0.4, 0.5) is 22.7 Å². The van der Waals surface area contributed by atoms with Crippen LogP contribution >= 0.6 is 0 Å².